The van der Waals surface area contributed by atoms with E-state index in [-0.39, 0.29) is 5.75 Å². The van der Waals surface area contributed by atoms with E-state index in [9.17, 15) is 8.42 Å². The van der Waals surface area contributed by atoms with Crippen molar-refractivity contribution in [3.8, 4) is 0 Å². The van der Waals surface area contributed by atoms with Crippen molar-refractivity contribution in [1.82, 2.24) is 5.32 Å². The van der Waals surface area contributed by atoms with E-state index in [2.05, 4.69) is 5.32 Å². The Labute approximate surface area is 102 Å². The third-order valence-electron chi connectivity index (χ3n) is 2.15. The van der Waals surface area contributed by atoms with Crippen LogP contribution < -0.4 is 5.32 Å². The Hall–Kier alpha value is -0.580. The number of sulfone groups is 1. The van der Waals surface area contributed by atoms with Gasteiger partial charge < -0.3 is 5.32 Å². The Morgan fingerprint density at radius 3 is 2.38 bits per heavy atom. The van der Waals surface area contributed by atoms with Crippen molar-refractivity contribution in [2.24, 2.45) is 0 Å². The van der Waals surface area contributed by atoms with Crippen molar-refractivity contribution in [2.45, 2.75) is 6.42 Å². The second-order valence-corrected chi connectivity index (χ2v) is 6.45. The summed E-state index contributed by atoms with van der Waals surface area (Å²) in [6, 6.07) is 7.65. The van der Waals surface area contributed by atoms with Crippen molar-refractivity contribution < 1.29 is 8.42 Å². The van der Waals surface area contributed by atoms with Crippen LogP contribution >= 0.6 is 11.6 Å². The molecule has 1 N–H and O–H groups in total. The van der Waals surface area contributed by atoms with Crippen molar-refractivity contribution >= 4 is 21.4 Å². The maximum Gasteiger partial charge on any atom is 0.148 e. The Balaban J connectivity index is 2.19. The Morgan fingerprint density at radius 1 is 1.19 bits per heavy atom. The smallest absolute Gasteiger partial charge is 0.148 e. The predicted molar refractivity (Wildman–Crippen MR) is 67.7 cm³/mol. The first-order chi connectivity index (χ1) is 7.47. The average molecular weight is 262 g/mol. The molecule has 90 valence electrons. The molecule has 0 bridgehead atoms. The molecule has 0 heterocycles. The van der Waals surface area contributed by atoms with Gasteiger partial charge in [-0.1, -0.05) is 23.7 Å². The van der Waals surface area contributed by atoms with E-state index >= 15 is 0 Å². The zero-order chi connectivity index (χ0) is 12.0. The average Bonchev–Trinajstić information content (AvgIpc) is 2.19. The SMILES string of the molecule is CS(=O)(=O)CCNCCc1ccc(Cl)cc1. The molecule has 1 aromatic rings. The number of hydrogen-bond acceptors (Lipinski definition) is 3. The zero-order valence-corrected chi connectivity index (χ0v) is 10.8. The van der Waals surface area contributed by atoms with Crippen LogP contribution in [0.4, 0.5) is 0 Å². The molecule has 0 aliphatic carbocycles. The standard InChI is InChI=1S/C11H16ClNO2S/c1-16(14,15)9-8-13-7-6-10-2-4-11(12)5-3-10/h2-5,13H,6-9H2,1H3. The molecule has 0 fully saturated rings. The lowest BCUT2D eigenvalue weighted by Crippen LogP contribution is -2.24. The van der Waals surface area contributed by atoms with Crippen LogP contribution in [0.1, 0.15) is 5.56 Å². The van der Waals surface area contributed by atoms with Crippen LogP contribution in [0.25, 0.3) is 0 Å². The van der Waals surface area contributed by atoms with Crippen molar-refractivity contribution in [2.75, 3.05) is 25.1 Å². The monoisotopic (exact) mass is 261 g/mol. The van der Waals surface area contributed by atoms with Gasteiger partial charge in [0.05, 0.1) is 5.75 Å². The van der Waals surface area contributed by atoms with E-state index in [0.29, 0.717) is 6.54 Å². The molecule has 1 aromatic carbocycles. The summed E-state index contributed by atoms with van der Waals surface area (Å²) in [6.45, 7) is 1.28. The predicted octanol–water partition coefficient (Wildman–Crippen LogP) is 1.52. The van der Waals surface area contributed by atoms with Gasteiger partial charge in [0, 0.05) is 17.8 Å². The van der Waals surface area contributed by atoms with Gasteiger partial charge in [-0.05, 0) is 30.7 Å². The Kier molecular flexibility index (Phi) is 5.25. The Bertz CT molecular complexity index is 414. The summed E-state index contributed by atoms with van der Waals surface area (Å²) in [4.78, 5) is 0. The van der Waals surface area contributed by atoms with Crippen molar-refractivity contribution in [3.05, 3.63) is 34.9 Å². The molecule has 1 rings (SSSR count). The van der Waals surface area contributed by atoms with E-state index in [4.69, 9.17) is 11.6 Å². The van der Waals surface area contributed by atoms with Gasteiger partial charge in [0.15, 0.2) is 0 Å². The molecule has 0 spiro atoms. The van der Waals surface area contributed by atoms with Gasteiger partial charge in [-0.3, -0.25) is 0 Å². The summed E-state index contributed by atoms with van der Waals surface area (Å²) >= 11 is 5.76. The number of hydrogen-bond donors (Lipinski definition) is 1. The lowest BCUT2D eigenvalue weighted by atomic mass is 10.1. The summed E-state index contributed by atoms with van der Waals surface area (Å²) in [5.41, 5.74) is 1.19. The lowest BCUT2D eigenvalue weighted by Gasteiger charge is -2.04. The van der Waals surface area contributed by atoms with E-state index in [1.165, 1.54) is 11.8 Å². The first-order valence-electron chi connectivity index (χ1n) is 5.10. The molecule has 16 heavy (non-hydrogen) atoms. The van der Waals surface area contributed by atoms with Crippen LogP contribution in [-0.2, 0) is 16.3 Å². The summed E-state index contributed by atoms with van der Waals surface area (Å²) < 4.78 is 21.7. The fourth-order valence-electron chi connectivity index (χ4n) is 1.27. The van der Waals surface area contributed by atoms with Gasteiger partial charge in [0.25, 0.3) is 0 Å². The maximum absolute atomic E-state index is 10.8. The quantitative estimate of drug-likeness (QED) is 0.790. The van der Waals surface area contributed by atoms with Gasteiger partial charge in [0.2, 0.25) is 0 Å². The topological polar surface area (TPSA) is 46.2 Å². The maximum atomic E-state index is 10.8. The van der Waals surface area contributed by atoms with Crippen molar-refractivity contribution in [1.29, 1.82) is 0 Å². The fraction of sp³-hybridized carbons (Fsp3) is 0.455. The summed E-state index contributed by atoms with van der Waals surface area (Å²) in [5.74, 6) is 0.188. The van der Waals surface area contributed by atoms with Gasteiger partial charge in [-0.25, -0.2) is 8.42 Å². The molecule has 0 aliphatic rings. The third kappa shape index (κ3) is 6.10. The minimum atomic E-state index is -2.85. The van der Waals surface area contributed by atoms with Crippen LogP contribution in [0.15, 0.2) is 24.3 Å². The van der Waals surface area contributed by atoms with E-state index in [0.717, 1.165) is 18.0 Å². The van der Waals surface area contributed by atoms with Gasteiger partial charge >= 0.3 is 0 Å². The molecule has 0 atom stereocenters. The molecule has 5 heteroatoms. The molecular formula is C11H16ClNO2S. The molecule has 0 aromatic heterocycles. The minimum Gasteiger partial charge on any atom is -0.315 e. The molecule has 0 saturated carbocycles. The largest absolute Gasteiger partial charge is 0.315 e. The van der Waals surface area contributed by atoms with Crippen LogP contribution in [0.2, 0.25) is 5.02 Å². The normalized spacial score (nSPS) is 11.6. The lowest BCUT2D eigenvalue weighted by molar-refractivity contribution is 0.596. The summed E-state index contributed by atoms with van der Waals surface area (Å²) in [6.07, 6.45) is 2.12. The highest BCUT2D eigenvalue weighted by atomic mass is 35.5. The van der Waals surface area contributed by atoms with Crippen LogP contribution in [0.5, 0.6) is 0 Å². The fourth-order valence-corrected chi connectivity index (χ4v) is 1.91. The second kappa shape index (κ2) is 6.23. The first kappa shape index (κ1) is 13.5. The third-order valence-corrected chi connectivity index (χ3v) is 3.35. The van der Waals surface area contributed by atoms with Gasteiger partial charge in [-0.15, -0.1) is 0 Å². The van der Waals surface area contributed by atoms with E-state index in [1.54, 1.807) is 0 Å². The number of rotatable bonds is 6. The minimum absolute atomic E-state index is 0.188. The highest BCUT2D eigenvalue weighted by Crippen LogP contribution is 2.09. The molecular weight excluding hydrogens is 246 g/mol. The van der Waals surface area contributed by atoms with Crippen LogP contribution in [0.3, 0.4) is 0 Å². The Morgan fingerprint density at radius 2 is 1.81 bits per heavy atom. The highest BCUT2D eigenvalue weighted by Gasteiger charge is 2.00. The zero-order valence-electron chi connectivity index (χ0n) is 9.24. The molecule has 0 radical (unpaired) electrons. The van der Waals surface area contributed by atoms with Crippen molar-refractivity contribution in [3.63, 3.8) is 0 Å². The molecule has 0 aliphatic heterocycles. The van der Waals surface area contributed by atoms with Gasteiger partial charge in [0.1, 0.15) is 9.84 Å². The van der Waals surface area contributed by atoms with Crippen LogP contribution in [0, 0.1) is 0 Å². The van der Waals surface area contributed by atoms with E-state index < -0.39 is 9.84 Å². The molecule has 3 nitrogen and oxygen atoms in total. The number of halogens is 1. The highest BCUT2D eigenvalue weighted by molar-refractivity contribution is 7.90. The van der Waals surface area contributed by atoms with Crippen LogP contribution in [-0.4, -0.2) is 33.5 Å². The molecule has 0 unspecified atom stereocenters. The number of benzene rings is 1. The summed E-state index contributed by atoms with van der Waals surface area (Å²) in [5, 5.41) is 3.82. The second-order valence-electron chi connectivity index (χ2n) is 3.76. The molecule has 0 saturated heterocycles. The van der Waals surface area contributed by atoms with E-state index in [1.807, 2.05) is 24.3 Å². The van der Waals surface area contributed by atoms with Gasteiger partial charge in [-0.2, -0.15) is 0 Å². The summed E-state index contributed by atoms with van der Waals surface area (Å²) in [7, 11) is -2.85. The molecule has 0 amide bonds. The first-order valence-corrected chi connectivity index (χ1v) is 7.54. The number of nitrogens with one attached hydrogen (secondary N) is 1.